The van der Waals surface area contributed by atoms with Gasteiger partial charge < -0.3 is 5.11 Å². The molecular formula is C26H18N4O4S. The van der Waals surface area contributed by atoms with Gasteiger partial charge in [-0.05, 0) is 35.7 Å². The van der Waals surface area contributed by atoms with Crippen LogP contribution in [-0.4, -0.2) is 18.1 Å². The largest absolute Gasteiger partial charge is 0.505 e. The van der Waals surface area contributed by atoms with Crippen molar-refractivity contribution in [1.29, 1.82) is 0 Å². The fourth-order valence-corrected chi connectivity index (χ4v) is 4.40. The molecule has 2 N–H and O–H groups in total. The lowest BCUT2D eigenvalue weighted by Gasteiger charge is -2.09. The molecule has 0 aliphatic carbocycles. The van der Waals surface area contributed by atoms with Crippen molar-refractivity contribution in [2.24, 2.45) is 20.5 Å². The van der Waals surface area contributed by atoms with Gasteiger partial charge in [0.05, 0.1) is 17.1 Å². The summed E-state index contributed by atoms with van der Waals surface area (Å²) in [7, 11) is -4.68. The van der Waals surface area contributed by atoms with Crippen LogP contribution in [-0.2, 0) is 10.1 Å². The normalized spacial score (nSPS) is 12.3. The van der Waals surface area contributed by atoms with E-state index in [1.165, 1.54) is 6.07 Å². The van der Waals surface area contributed by atoms with E-state index in [4.69, 9.17) is 0 Å². The Hall–Kier alpha value is -4.47. The van der Waals surface area contributed by atoms with Crippen LogP contribution < -0.4 is 0 Å². The van der Waals surface area contributed by atoms with Gasteiger partial charge in [-0.2, -0.15) is 13.5 Å². The number of azo groups is 2. The van der Waals surface area contributed by atoms with Gasteiger partial charge >= 0.3 is 0 Å². The Morgan fingerprint density at radius 1 is 0.600 bits per heavy atom. The topological polar surface area (TPSA) is 124 Å². The number of aromatic hydroxyl groups is 1. The summed E-state index contributed by atoms with van der Waals surface area (Å²) >= 11 is 0. The predicted molar refractivity (Wildman–Crippen MR) is 134 cm³/mol. The van der Waals surface area contributed by atoms with Crippen LogP contribution in [0.3, 0.4) is 0 Å². The van der Waals surface area contributed by atoms with Gasteiger partial charge in [0.1, 0.15) is 10.6 Å². The van der Waals surface area contributed by atoms with Crippen molar-refractivity contribution in [2.45, 2.75) is 4.90 Å². The second-order valence-corrected chi connectivity index (χ2v) is 9.04. The second-order valence-electron chi connectivity index (χ2n) is 7.65. The molecule has 0 atom stereocenters. The molecular weight excluding hydrogens is 464 g/mol. The summed E-state index contributed by atoms with van der Waals surface area (Å²) in [6.45, 7) is 0. The smallest absolute Gasteiger partial charge is 0.296 e. The van der Waals surface area contributed by atoms with E-state index in [9.17, 15) is 18.1 Å². The van der Waals surface area contributed by atoms with Crippen molar-refractivity contribution in [2.75, 3.05) is 0 Å². The summed E-state index contributed by atoms with van der Waals surface area (Å²) in [5.41, 5.74) is 1.41. The first kappa shape index (κ1) is 22.3. The van der Waals surface area contributed by atoms with Crippen molar-refractivity contribution in [3.63, 3.8) is 0 Å². The molecule has 0 amide bonds. The third kappa shape index (κ3) is 4.50. The third-order valence-corrected chi connectivity index (χ3v) is 6.27. The molecule has 35 heavy (non-hydrogen) atoms. The van der Waals surface area contributed by atoms with Crippen LogP contribution in [0.1, 0.15) is 0 Å². The first-order chi connectivity index (χ1) is 16.9. The molecule has 0 saturated heterocycles. The maximum atomic E-state index is 12.0. The minimum Gasteiger partial charge on any atom is -0.505 e. The van der Waals surface area contributed by atoms with Crippen LogP contribution >= 0.6 is 0 Å². The average Bonchev–Trinajstić information content (AvgIpc) is 2.87. The molecule has 172 valence electrons. The number of phenols is 1. The second kappa shape index (κ2) is 9.05. The molecule has 5 rings (SSSR count). The number of nitrogens with zero attached hydrogens (tertiary/aromatic N) is 4. The van der Waals surface area contributed by atoms with E-state index in [1.807, 2.05) is 54.6 Å². The Morgan fingerprint density at radius 3 is 1.77 bits per heavy atom. The summed E-state index contributed by atoms with van der Waals surface area (Å²) in [6.07, 6.45) is 0. The summed E-state index contributed by atoms with van der Waals surface area (Å²) in [5.74, 6) is -0.392. The summed E-state index contributed by atoms with van der Waals surface area (Å²) in [5, 5.41) is 29.9. The summed E-state index contributed by atoms with van der Waals surface area (Å²) < 4.78 is 33.8. The number of fused-ring (bicyclic) bond motifs is 2. The van der Waals surface area contributed by atoms with Gasteiger partial charge in [0.15, 0.2) is 5.75 Å². The lowest BCUT2D eigenvalue weighted by atomic mass is 10.1. The number of phenolic OH excluding ortho intramolecular Hbond substituents is 1. The number of benzene rings is 5. The molecule has 0 unspecified atom stereocenters. The highest BCUT2D eigenvalue weighted by molar-refractivity contribution is 7.86. The van der Waals surface area contributed by atoms with E-state index in [-0.39, 0.29) is 5.69 Å². The standard InChI is InChI=1S/C26H18N4O4S/c31-26-19-11-5-4-8-17(19)16-24(35(32,33)34)25(26)30-29-23-15-14-22(20-12-6-7-13-21(20)23)28-27-18-9-2-1-3-10-18/h1-16,31H,(H,32,33,34). The fraction of sp³-hybridized carbons (Fsp3) is 0. The van der Waals surface area contributed by atoms with Crippen LogP contribution in [0.25, 0.3) is 21.5 Å². The van der Waals surface area contributed by atoms with E-state index in [0.717, 1.165) is 5.39 Å². The zero-order chi connectivity index (χ0) is 24.4. The van der Waals surface area contributed by atoms with Crippen molar-refractivity contribution in [1.82, 2.24) is 0 Å². The summed E-state index contributed by atoms with van der Waals surface area (Å²) in [6, 6.07) is 28.0. The lowest BCUT2D eigenvalue weighted by Crippen LogP contribution is -1.99. The zero-order valence-corrected chi connectivity index (χ0v) is 19.0. The van der Waals surface area contributed by atoms with Crippen LogP contribution in [0.2, 0.25) is 0 Å². The highest BCUT2D eigenvalue weighted by Crippen LogP contribution is 2.42. The molecule has 0 spiro atoms. The Morgan fingerprint density at radius 2 is 1.14 bits per heavy atom. The van der Waals surface area contributed by atoms with E-state index in [2.05, 4.69) is 20.5 Å². The van der Waals surface area contributed by atoms with E-state index >= 15 is 0 Å². The highest BCUT2D eigenvalue weighted by Gasteiger charge is 2.22. The van der Waals surface area contributed by atoms with Crippen LogP contribution in [0.4, 0.5) is 22.7 Å². The van der Waals surface area contributed by atoms with Gasteiger partial charge in [-0.1, -0.05) is 66.7 Å². The number of rotatable bonds is 5. The van der Waals surface area contributed by atoms with Crippen LogP contribution in [0.15, 0.2) is 122 Å². The van der Waals surface area contributed by atoms with Crippen molar-refractivity contribution >= 4 is 54.4 Å². The quantitative estimate of drug-likeness (QED) is 0.196. The minimum absolute atomic E-state index is 0.344. The van der Waals surface area contributed by atoms with Gasteiger partial charge in [0, 0.05) is 16.2 Å². The SMILES string of the molecule is O=S(=O)(O)c1cc2ccccc2c(O)c1N=Nc1ccc(N=Nc2ccccc2)c2ccccc12. The Bertz CT molecular complexity index is 1730. The molecule has 9 heteroatoms. The van der Waals surface area contributed by atoms with Crippen molar-refractivity contribution in [3.05, 3.63) is 97.1 Å². The molecule has 5 aromatic rings. The molecule has 0 aromatic heterocycles. The maximum absolute atomic E-state index is 12.0. The van der Waals surface area contributed by atoms with E-state index in [0.29, 0.717) is 33.2 Å². The molecule has 8 nitrogen and oxygen atoms in total. The Balaban J connectivity index is 1.62. The van der Waals surface area contributed by atoms with Crippen LogP contribution in [0.5, 0.6) is 5.75 Å². The molecule has 0 saturated carbocycles. The van der Waals surface area contributed by atoms with Gasteiger partial charge in [0.2, 0.25) is 0 Å². The van der Waals surface area contributed by atoms with Crippen molar-refractivity contribution < 1.29 is 18.1 Å². The first-order valence-corrected chi connectivity index (χ1v) is 12.0. The molecule has 0 aliphatic heterocycles. The molecule has 0 aliphatic rings. The maximum Gasteiger partial charge on any atom is 0.296 e. The number of hydrogen-bond donors (Lipinski definition) is 2. The monoisotopic (exact) mass is 482 g/mol. The Kier molecular flexibility index (Phi) is 5.77. The third-order valence-electron chi connectivity index (χ3n) is 5.40. The molecule has 0 fully saturated rings. The zero-order valence-electron chi connectivity index (χ0n) is 18.1. The number of hydrogen-bond acceptors (Lipinski definition) is 7. The van der Waals surface area contributed by atoms with E-state index < -0.39 is 20.8 Å². The molecule has 0 radical (unpaired) electrons. The van der Waals surface area contributed by atoms with Gasteiger partial charge in [0.25, 0.3) is 10.1 Å². The van der Waals surface area contributed by atoms with Gasteiger partial charge in [-0.3, -0.25) is 4.55 Å². The molecule has 0 bridgehead atoms. The summed E-state index contributed by atoms with van der Waals surface area (Å²) in [4.78, 5) is -0.532. The van der Waals surface area contributed by atoms with E-state index in [1.54, 1.807) is 36.4 Å². The first-order valence-electron chi connectivity index (χ1n) is 10.5. The fourth-order valence-electron chi connectivity index (χ4n) is 3.74. The average molecular weight is 483 g/mol. The van der Waals surface area contributed by atoms with Crippen molar-refractivity contribution in [3.8, 4) is 5.75 Å². The highest BCUT2D eigenvalue weighted by atomic mass is 32.2. The van der Waals surface area contributed by atoms with Crippen LogP contribution in [0, 0.1) is 0 Å². The Labute approximate surface area is 200 Å². The minimum atomic E-state index is -4.68. The predicted octanol–water partition coefficient (Wildman–Crippen LogP) is 7.78. The lowest BCUT2D eigenvalue weighted by molar-refractivity contribution is 0.472. The molecule has 5 aromatic carbocycles. The van der Waals surface area contributed by atoms with Gasteiger partial charge in [-0.15, -0.1) is 15.3 Å². The molecule has 0 heterocycles. The van der Waals surface area contributed by atoms with Gasteiger partial charge in [-0.25, -0.2) is 0 Å².